The van der Waals surface area contributed by atoms with Gasteiger partial charge in [-0.15, -0.1) is 0 Å². The maximum Gasteiger partial charge on any atom is 0.264 e. The second kappa shape index (κ2) is 15.9. The Balaban J connectivity index is 1.69. The summed E-state index contributed by atoms with van der Waals surface area (Å²) in [5, 5.41) is 2.89. The predicted octanol–water partition coefficient (Wildman–Crippen LogP) is 6.54. The summed E-state index contributed by atoms with van der Waals surface area (Å²) in [6.45, 7) is 3.67. The number of para-hydroxylation sites is 1. The highest BCUT2D eigenvalue weighted by molar-refractivity contribution is 7.92. The van der Waals surface area contributed by atoms with E-state index < -0.39 is 34.3 Å². The zero-order valence-electron chi connectivity index (χ0n) is 25.4. The SMILES string of the molecule is CCCCNC(=O)C(CC)N(Cc1ccc(F)cc1)C(=O)CN(c1ccc(Oc2ccccc2)cc1)S(=O)(=O)c1ccccc1. The average Bonchev–Trinajstić information content (AvgIpc) is 3.06. The van der Waals surface area contributed by atoms with Gasteiger partial charge in [-0.3, -0.25) is 13.9 Å². The molecule has 2 amide bonds. The first-order chi connectivity index (χ1) is 21.7. The van der Waals surface area contributed by atoms with Gasteiger partial charge in [-0.05, 0) is 79.1 Å². The van der Waals surface area contributed by atoms with Crippen LogP contribution in [0.2, 0.25) is 0 Å². The highest BCUT2D eigenvalue weighted by atomic mass is 32.2. The van der Waals surface area contributed by atoms with Gasteiger partial charge in [-0.1, -0.05) is 68.8 Å². The van der Waals surface area contributed by atoms with E-state index in [0.29, 0.717) is 30.0 Å². The average molecular weight is 632 g/mol. The summed E-state index contributed by atoms with van der Waals surface area (Å²) in [4.78, 5) is 28.8. The highest BCUT2D eigenvalue weighted by Gasteiger charge is 2.33. The van der Waals surface area contributed by atoms with E-state index in [1.807, 2.05) is 25.1 Å². The monoisotopic (exact) mass is 631 g/mol. The Morgan fingerprint density at radius 1 is 0.822 bits per heavy atom. The maximum atomic E-state index is 14.2. The van der Waals surface area contributed by atoms with Crippen LogP contribution in [0.25, 0.3) is 0 Å². The number of benzene rings is 4. The number of carbonyl (C=O) groups excluding carboxylic acids is 2. The summed E-state index contributed by atoms with van der Waals surface area (Å²) in [6.07, 6.45) is 1.96. The third-order valence-electron chi connectivity index (χ3n) is 7.20. The molecular weight excluding hydrogens is 593 g/mol. The van der Waals surface area contributed by atoms with Crippen molar-refractivity contribution in [3.05, 3.63) is 121 Å². The number of sulfonamides is 1. The summed E-state index contributed by atoms with van der Waals surface area (Å²) < 4.78 is 48.6. The molecule has 0 aliphatic carbocycles. The van der Waals surface area contributed by atoms with E-state index in [1.165, 1.54) is 29.2 Å². The predicted molar refractivity (Wildman–Crippen MR) is 173 cm³/mol. The topological polar surface area (TPSA) is 96.0 Å². The van der Waals surface area contributed by atoms with E-state index in [-0.39, 0.29) is 23.0 Å². The van der Waals surface area contributed by atoms with Crippen LogP contribution in [-0.4, -0.2) is 44.3 Å². The molecule has 0 fully saturated rings. The molecule has 0 aliphatic rings. The summed E-state index contributed by atoms with van der Waals surface area (Å²) in [7, 11) is -4.21. The third kappa shape index (κ3) is 8.92. The van der Waals surface area contributed by atoms with Gasteiger partial charge in [0, 0.05) is 13.1 Å². The third-order valence-corrected chi connectivity index (χ3v) is 8.98. The first kappa shape index (κ1) is 33.2. The molecule has 236 valence electrons. The molecule has 0 radical (unpaired) electrons. The van der Waals surface area contributed by atoms with Crippen molar-refractivity contribution in [2.45, 2.75) is 50.6 Å². The Bertz CT molecular complexity index is 1630. The van der Waals surface area contributed by atoms with Crippen molar-refractivity contribution in [2.24, 2.45) is 0 Å². The molecule has 0 aromatic heterocycles. The van der Waals surface area contributed by atoms with Crippen LogP contribution in [0.3, 0.4) is 0 Å². The summed E-state index contributed by atoms with van der Waals surface area (Å²) in [5.41, 5.74) is 0.847. The molecule has 0 saturated carbocycles. The second-order valence-electron chi connectivity index (χ2n) is 10.5. The van der Waals surface area contributed by atoms with E-state index in [4.69, 9.17) is 4.74 Å². The van der Waals surface area contributed by atoms with Crippen LogP contribution in [0.15, 0.2) is 114 Å². The fraction of sp³-hybridized carbons (Fsp3) is 0.257. The van der Waals surface area contributed by atoms with Gasteiger partial charge in [0.25, 0.3) is 10.0 Å². The van der Waals surface area contributed by atoms with Crippen LogP contribution in [-0.2, 0) is 26.2 Å². The minimum absolute atomic E-state index is 0.0110. The Morgan fingerprint density at radius 2 is 1.42 bits per heavy atom. The van der Waals surface area contributed by atoms with Gasteiger partial charge >= 0.3 is 0 Å². The van der Waals surface area contributed by atoms with Crippen molar-refractivity contribution in [2.75, 3.05) is 17.4 Å². The van der Waals surface area contributed by atoms with Gasteiger partial charge in [0.1, 0.15) is 29.9 Å². The van der Waals surface area contributed by atoms with E-state index in [0.717, 1.165) is 17.1 Å². The van der Waals surface area contributed by atoms with E-state index >= 15 is 0 Å². The standard InChI is InChI=1S/C35H38FN3O5S/c1-3-5-24-37-35(41)33(4-2)38(25-27-16-18-28(36)19-17-27)34(40)26-39(45(42,43)32-14-10-7-11-15-32)29-20-22-31(23-21-29)44-30-12-8-6-9-13-30/h6-23,33H,3-5,24-26H2,1-2H3,(H,37,41). The first-order valence-electron chi connectivity index (χ1n) is 14.9. The van der Waals surface area contributed by atoms with E-state index in [2.05, 4.69) is 5.32 Å². The number of rotatable bonds is 15. The minimum Gasteiger partial charge on any atom is -0.457 e. The molecule has 0 saturated heterocycles. The van der Waals surface area contributed by atoms with Crippen LogP contribution in [0.4, 0.5) is 10.1 Å². The first-order valence-corrected chi connectivity index (χ1v) is 16.4. The normalized spacial score (nSPS) is 11.8. The van der Waals surface area contributed by atoms with Crippen LogP contribution < -0.4 is 14.4 Å². The quantitative estimate of drug-likeness (QED) is 0.150. The van der Waals surface area contributed by atoms with Crippen molar-refractivity contribution >= 4 is 27.5 Å². The van der Waals surface area contributed by atoms with Crippen LogP contribution in [0.1, 0.15) is 38.7 Å². The van der Waals surface area contributed by atoms with Gasteiger partial charge in [0.15, 0.2) is 0 Å². The number of hydrogen-bond acceptors (Lipinski definition) is 5. The molecule has 45 heavy (non-hydrogen) atoms. The molecule has 4 aromatic carbocycles. The Kier molecular flexibility index (Phi) is 11.7. The molecule has 1 N–H and O–H groups in total. The zero-order chi connectivity index (χ0) is 32.2. The lowest BCUT2D eigenvalue weighted by atomic mass is 10.1. The van der Waals surface area contributed by atoms with Crippen molar-refractivity contribution in [1.29, 1.82) is 0 Å². The van der Waals surface area contributed by atoms with Gasteiger partial charge in [-0.25, -0.2) is 12.8 Å². The molecule has 4 rings (SSSR count). The van der Waals surface area contributed by atoms with E-state index in [1.54, 1.807) is 73.7 Å². The molecular formula is C35H38FN3O5S. The second-order valence-corrected chi connectivity index (χ2v) is 12.3. The molecule has 0 aliphatic heterocycles. The zero-order valence-corrected chi connectivity index (χ0v) is 26.3. The molecule has 8 nitrogen and oxygen atoms in total. The number of hydrogen-bond donors (Lipinski definition) is 1. The number of halogens is 1. The molecule has 10 heteroatoms. The number of unbranched alkanes of at least 4 members (excludes halogenated alkanes) is 1. The molecule has 0 spiro atoms. The summed E-state index contributed by atoms with van der Waals surface area (Å²) in [6, 6.07) is 28.2. The molecule has 4 aromatic rings. The minimum atomic E-state index is -4.21. The molecule has 1 atom stereocenters. The van der Waals surface area contributed by atoms with E-state index in [9.17, 15) is 22.4 Å². The maximum absolute atomic E-state index is 14.2. The number of amides is 2. The molecule has 0 heterocycles. The smallest absolute Gasteiger partial charge is 0.264 e. The van der Waals surface area contributed by atoms with Crippen LogP contribution in [0.5, 0.6) is 11.5 Å². The lowest BCUT2D eigenvalue weighted by molar-refractivity contribution is -0.140. The molecule has 0 bridgehead atoms. The van der Waals surface area contributed by atoms with Crippen molar-refractivity contribution < 1.29 is 27.1 Å². The van der Waals surface area contributed by atoms with Crippen molar-refractivity contribution in [1.82, 2.24) is 10.2 Å². The summed E-state index contributed by atoms with van der Waals surface area (Å²) in [5.74, 6) is -0.238. The number of nitrogens with one attached hydrogen (secondary N) is 1. The fourth-order valence-electron chi connectivity index (χ4n) is 4.77. The fourth-order valence-corrected chi connectivity index (χ4v) is 6.20. The van der Waals surface area contributed by atoms with Gasteiger partial charge in [0.05, 0.1) is 10.6 Å². The summed E-state index contributed by atoms with van der Waals surface area (Å²) >= 11 is 0. The number of anilines is 1. The Hall–Kier alpha value is -4.70. The lowest BCUT2D eigenvalue weighted by Crippen LogP contribution is -2.52. The lowest BCUT2D eigenvalue weighted by Gasteiger charge is -2.33. The number of carbonyl (C=O) groups is 2. The largest absolute Gasteiger partial charge is 0.457 e. The van der Waals surface area contributed by atoms with Gasteiger partial charge in [0.2, 0.25) is 11.8 Å². The number of nitrogens with zero attached hydrogens (tertiary/aromatic N) is 2. The Morgan fingerprint density at radius 3 is 2.02 bits per heavy atom. The molecule has 1 unspecified atom stereocenters. The van der Waals surface area contributed by atoms with Crippen LogP contribution in [0, 0.1) is 5.82 Å². The van der Waals surface area contributed by atoms with Crippen molar-refractivity contribution in [3.63, 3.8) is 0 Å². The number of ether oxygens (including phenoxy) is 1. The van der Waals surface area contributed by atoms with Gasteiger partial charge < -0.3 is 15.0 Å². The van der Waals surface area contributed by atoms with Crippen LogP contribution >= 0.6 is 0 Å². The highest BCUT2D eigenvalue weighted by Crippen LogP contribution is 2.28. The van der Waals surface area contributed by atoms with Crippen molar-refractivity contribution in [3.8, 4) is 11.5 Å². The van der Waals surface area contributed by atoms with Gasteiger partial charge in [-0.2, -0.15) is 0 Å². The Labute approximate surface area is 264 Å².